The lowest BCUT2D eigenvalue weighted by Crippen LogP contribution is -2.40. The maximum absolute atomic E-state index is 14.8. The third-order valence-electron chi connectivity index (χ3n) is 8.40. The number of carbonyl (C=O) groups is 1. The highest BCUT2D eigenvalue weighted by Crippen LogP contribution is 2.29. The van der Waals surface area contributed by atoms with Crippen LogP contribution >= 0.6 is 0 Å². The first kappa shape index (κ1) is 30.5. The van der Waals surface area contributed by atoms with Crippen LogP contribution in [0.4, 0.5) is 0 Å². The molecule has 46 heavy (non-hydrogen) atoms. The van der Waals surface area contributed by atoms with Crippen molar-refractivity contribution in [2.45, 2.75) is 25.2 Å². The minimum absolute atomic E-state index is 0.0133. The van der Waals surface area contributed by atoms with Gasteiger partial charge in [0.1, 0.15) is 11.6 Å². The number of aromatic nitrogens is 2. The summed E-state index contributed by atoms with van der Waals surface area (Å²) in [5.41, 5.74) is 4.21. The van der Waals surface area contributed by atoms with Crippen molar-refractivity contribution in [2.24, 2.45) is 0 Å². The van der Waals surface area contributed by atoms with E-state index < -0.39 is 5.92 Å². The highest BCUT2D eigenvalue weighted by atomic mass is 16.5. The number of rotatable bonds is 11. The standard InChI is InChI=1S/C40H37N3O3/c1-29(38-41-36-21-13-12-20-35(36)39(44)43(38)33-22-24-34(46-2)25-23-33)28-42(27-26-30-14-6-3-7-15-30)40(45)37(31-16-8-4-9-17-31)32-18-10-5-11-19-32/h3-25,29,37H,26-28H2,1-2H3. The number of amides is 1. The summed E-state index contributed by atoms with van der Waals surface area (Å²) in [4.78, 5) is 35.8. The van der Waals surface area contributed by atoms with Crippen molar-refractivity contribution in [1.82, 2.24) is 14.5 Å². The molecule has 230 valence electrons. The zero-order valence-electron chi connectivity index (χ0n) is 26.1. The Morgan fingerprint density at radius 2 is 1.33 bits per heavy atom. The van der Waals surface area contributed by atoms with E-state index in [1.165, 1.54) is 0 Å². The molecule has 1 heterocycles. The molecule has 6 rings (SSSR count). The summed E-state index contributed by atoms with van der Waals surface area (Å²) in [6.07, 6.45) is 0.700. The molecule has 0 radical (unpaired) electrons. The van der Waals surface area contributed by atoms with Crippen LogP contribution in [-0.4, -0.2) is 40.6 Å². The SMILES string of the molecule is COc1ccc(-n2c(C(C)CN(CCc3ccccc3)C(=O)C(c3ccccc3)c3ccccc3)nc3ccccc3c2=O)cc1. The number of benzene rings is 5. The summed E-state index contributed by atoms with van der Waals surface area (Å²) in [5, 5.41) is 0.541. The Kier molecular flexibility index (Phi) is 9.35. The van der Waals surface area contributed by atoms with Crippen LogP contribution in [-0.2, 0) is 11.2 Å². The van der Waals surface area contributed by atoms with E-state index in [9.17, 15) is 9.59 Å². The predicted octanol–water partition coefficient (Wildman–Crippen LogP) is 7.40. The van der Waals surface area contributed by atoms with Crippen molar-refractivity contribution in [2.75, 3.05) is 20.2 Å². The Labute approximate surface area is 269 Å². The number of hydrogen-bond acceptors (Lipinski definition) is 4. The summed E-state index contributed by atoms with van der Waals surface area (Å²) in [6.45, 7) is 2.94. The molecule has 0 aliphatic carbocycles. The lowest BCUT2D eigenvalue weighted by atomic mass is 9.89. The molecule has 1 unspecified atom stereocenters. The zero-order chi connectivity index (χ0) is 31.9. The Morgan fingerprint density at radius 1 is 0.761 bits per heavy atom. The number of para-hydroxylation sites is 1. The van der Waals surface area contributed by atoms with Crippen LogP contribution in [0, 0.1) is 0 Å². The van der Waals surface area contributed by atoms with E-state index in [1.54, 1.807) is 17.7 Å². The molecule has 0 aliphatic heterocycles. The van der Waals surface area contributed by atoms with Crippen molar-refractivity contribution < 1.29 is 9.53 Å². The molecular weight excluding hydrogens is 570 g/mol. The Hall–Kier alpha value is -5.49. The first-order valence-corrected chi connectivity index (χ1v) is 15.6. The normalized spacial score (nSPS) is 11.8. The van der Waals surface area contributed by atoms with E-state index in [4.69, 9.17) is 9.72 Å². The minimum atomic E-state index is -0.473. The molecule has 0 N–H and O–H groups in total. The fourth-order valence-electron chi connectivity index (χ4n) is 6.02. The van der Waals surface area contributed by atoms with Crippen molar-refractivity contribution in [3.05, 3.63) is 172 Å². The third kappa shape index (κ3) is 6.61. The minimum Gasteiger partial charge on any atom is -0.497 e. The molecule has 6 nitrogen and oxygen atoms in total. The van der Waals surface area contributed by atoms with E-state index in [-0.39, 0.29) is 17.4 Å². The molecule has 0 saturated carbocycles. The molecule has 0 aliphatic rings. The molecule has 6 heteroatoms. The van der Waals surface area contributed by atoms with Gasteiger partial charge in [-0.3, -0.25) is 14.2 Å². The molecule has 5 aromatic carbocycles. The zero-order valence-corrected chi connectivity index (χ0v) is 26.1. The summed E-state index contributed by atoms with van der Waals surface area (Å²) in [7, 11) is 1.62. The van der Waals surface area contributed by atoms with Crippen molar-refractivity contribution >= 4 is 16.8 Å². The first-order chi connectivity index (χ1) is 22.5. The van der Waals surface area contributed by atoms with Crippen LogP contribution in [0.5, 0.6) is 5.75 Å². The quantitative estimate of drug-likeness (QED) is 0.154. The van der Waals surface area contributed by atoms with Crippen molar-refractivity contribution in [1.29, 1.82) is 0 Å². The monoisotopic (exact) mass is 607 g/mol. The van der Waals surface area contributed by atoms with Gasteiger partial charge in [-0.2, -0.15) is 0 Å². The summed E-state index contributed by atoms with van der Waals surface area (Å²) < 4.78 is 7.05. The van der Waals surface area contributed by atoms with Crippen molar-refractivity contribution in [3.8, 4) is 11.4 Å². The average molecular weight is 608 g/mol. The lowest BCUT2D eigenvalue weighted by molar-refractivity contribution is -0.132. The number of carbonyl (C=O) groups excluding carboxylic acids is 1. The second-order valence-corrected chi connectivity index (χ2v) is 11.5. The molecule has 0 saturated heterocycles. The number of hydrogen-bond donors (Lipinski definition) is 0. The first-order valence-electron chi connectivity index (χ1n) is 15.6. The lowest BCUT2D eigenvalue weighted by Gasteiger charge is -2.31. The van der Waals surface area contributed by atoms with Crippen LogP contribution in [0.2, 0.25) is 0 Å². The largest absolute Gasteiger partial charge is 0.497 e. The molecule has 1 atom stereocenters. The number of methoxy groups -OCH3 is 1. The van der Waals surface area contributed by atoms with Gasteiger partial charge in [0.05, 0.1) is 29.6 Å². The molecule has 0 bridgehead atoms. The van der Waals surface area contributed by atoms with Gasteiger partial charge in [-0.05, 0) is 59.5 Å². The second kappa shape index (κ2) is 14.1. The van der Waals surface area contributed by atoms with E-state index in [2.05, 4.69) is 12.1 Å². The molecule has 0 fully saturated rings. The molecule has 1 aromatic heterocycles. The van der Waals surface area contributed by atoms with Gasteiger partial charge in [-0.1, -0.05) is 110 Å². The molecule has 1 amide bonds. The fourth-order valence-corrected chi connectivity index (χ4v) is 6.02. The maximum Gasteiger partial charge on any atom is 0.265 e. The topological polar surface area (TPSA) is 64.4 Å². The Morgan fingerprint density at radius 3 is 1.93 bits per heavy atom. The van der Waals surface area contributed by atoms with Gasteiger partial charge < -0.3 is 9.64 Å². The number of nitrogens with zero attached hydrogens (tertiary/aromatic N) is 3. The molecule has 0 spiro atoms. The highest BCUT2D eigenvalue weighted by Gasteiger charge is 2.30. The average Bonchev–Trinajstić information content (AvgIpc) is 3.11. The van der Waals surface area contributed by atoms with E-state index >= 15 is 0 Å². The van der Waals surface area contributed by atoms with Crippen LogP contribution in [0.15, 0.2) is 144 Å². The fraction of sp³-hybridized carbons (Fsp3) is 0.175. The van der Waals surface area contributed by atoms with E-state index in [0.717, 1.165) is 16.7 Å². The van der Waals surface area contributed by atoms with Gasteiger partial charge in [0.2, 0.25) is 5.91 Å². The van der Waals surface area contributed by atoms with Crippen LogP contribution in [0.3, 0.4) is 0 Å². The van der Waals surface area contributed by atoms with Gasteiger partial charge in [0.15, 0.2) is 0 Å². The number of ether oxygens (including phenoxy) is 1. The molecular formula is C40H37N3O3. The van der Waals surface area contributed by atoms with Gasteiger partial charge in [0, 0.05) is 19.0 Å². The summed E-state index contributed by atoms with van der Waals surface area (Å²) in [6, 6.07) is 44.9. The Balaban J connectivity index is 1.42. The third-order valence-corrected chi connectivity index (χ3v) is 8.40. The second-order valence-electron chi connectivity index (χ2n) is 11.5. The Bertz CT molecular complexity index is 1920. The van der Waals surface area contributed by atoms with Gasteiger partial charge >= 0.3 is 0 Å². The highest BCUT2D eigenvalue weighted by molar-refractivity contribution is 5.87. The van der Waals surface area contributed by atoms with Gasteiger partial charge in [-0.15, -0.1) is 0 Å². The van der Waals surface area contributed by atoms with Crippen LogP contribution < -0.4 is 10.3 Å². The van der Waals surface area contributed by atoms with Gasteiger partial charge in [0.25, 0.3) is 5.56 Å². The van der Waals surface area contributed by atoms with E-state index in [0.29, 0.717) is 47.7 Å². The van der Waals surface area contributed by atoms with Gasteiger partial charge in [-0.25, -0.2) is 4.98 Å². The van der Waals surface area contributed by atoms with E-state index in [1.807, 2.05) is 133 Å². The predicted molar refractivity (Wildman–Crippen MR) is 184 cm³/mol. The molecule has 6 aromatic rings. The number of fused-ring (bicyclic) bond motifs is 1. The summed E-state index contributed by atoms with van der Waals surface area (Å²) >= 11 is 0. The smallest absolute Gasteiger partial charge is 0.265 e. The van der Waals surface area contributed by atoms with Crippen LogP contribution in [0.1, 0.15) is 41.3 Å². The van der Waals surface area contributed by atoms with Crippen LogP contribution in [0.25, 0.3) is 16.6 Å². The maximum atomic E-state index is 14.8. The van der Waals surface area contributed by atoms with Crippen molar-refractivity contribution in [3.63, 3.8) is 0 Å². The summed E-state index contributed by atoms with van der Waals surface area (Å²) in [5.74, 6) is 0.567.